The number of ether oxygens (including phenoxy) is 7. The lowest BCUT2D eigenvalue weighted by molar-refractivity contribution is -0.360. The molecule has 3 fully saturated rings. The average Bonchev–Trinajstić information content (AvgIpc) is 0.762. The fourth-order valence-electron chi connectivity index (χ4n) is 13.1. The number of phosphoric acid groups is 1. The average molecular weight is 1470 g/mol. The number of carbonyl (C=O) groups excluding carboxylic acids is 3. The van der Waals surface area contributed by atoms with Crippen molar-refractivity contribution in [1.82, 2.24) is 0 Å². The Morgan fingerprint density at radius 2 is 0.752 bits per heavy atom. The molecule has 0 bridgehead atoms. The Hall–Kier alpha value is -2.56. The molecule has 1 saturated carbocycles. The lowest BCUT2D eigenvalue weighted by Crippen LogP contribution is -2.69. The van der Waals surface area contributed by atoms with E-state index < -0.39 is 156 Å². The summed E-state index contributed by atoms with van der Waals surface area (Å²) < 4.78 is 65.2. The van der Waals surface area contributed by atoms with Gasteiger partial charge in [0.2, 0.25) is 0 Å². The van der Waals surface area contributed by atoms with Gasteiger partial charge in [0.15, 0.2) is 18.7 Å². The number of hydrogen-bond acceptors (Lipinski definition) is 23. The molecule has 24 nitrogen and oxygen atoms in total. The summed E-state index contributed by atoms with van der Waals surface area (Å²) in [5.74, 6) is -1.30. The van der Waals surface area contributed by atoms with E-state index in [0.29, 0.717) is 25.2 Å². The van der Waals surface area contributed by atoms with Crippen LogP contribution in [0, 0.1) is 5.92 Å². The maximum Gasteiger partial charge on any atom is 0.472 e. The largest absolute Gasteiger partial charge is 0.472 e. The number of phosphoric ester groups is 1. The minimum atomic E-state index is -5.70. The summed E-state index contributed by atoms with van der Waals surface area (Å²) in [6.45, 7) is 5.75. The molecular weight excluding hydrogens is 1330 g/mol. The molecule has 3 aliphatic rings. The van der Waals surface area contributed by atoms with Gasteiger partial charge in [-0.1, -0.05) is 238 Å². The second-order valence-corrected chi connectivity index (χ2v) is 30.1. The van der Waals surface area contributed by atoms with Gasteiger partial charge in [0.25, 0.3) is 0 Å². The van der Waals surface area contributed by atoms with Crippen molar-refractivity contribution in [2.24, 2.45) is 5.92 Å². The fraction of sp³-hybridized carbons (Fsp3) is 0.908. The van der Waals surface area contributed by atoms with E-state index in [1.54, 1.807) is 0 Å². The van der Waals surface area contributed by atoms with Crippen LogP contribution in [0.2, 0.25) is 0 Å². The molecule has 2 aliphatic heterocycles. The molecule has 101 heavy (non-hydrogen) atoms. The maximum atomic E-state index is 14.4. The molecule has 0 spiro atoms. The van der Waals surface area contributed by atoms with Crippen LogP contribution in [-0.4, -0.2) is 204 Å². The molecular formula is C76H139O24P. The fourth-order valence-corrected chi connectivity index (χ4v) is 14.0. The van der Waals surface area contributed by atoms with Crippen LogP contribution < -0.4 is 0 Å². The molecule has 2 saturated heterocycles. The minimum absolute atomic E-state index is 0.0285. The molecule has 25 heteroatoms. The third kappa shape index (κ3) is 39.7. The number of rotatable bonds is 61. The molecule has 0 radical (unpaired) electrons. The van der Waals surface area contributed by atoms with Crippen LogP contribution in [0.15, 0.2) is 24.3 Å². The third-order valence-electron chi connectivity index (χ3n) is 19.6. The van der Waals surface area contributed by atoms with Crippen LogP contribution in [0.3, 0.4) is 0 Å². The predicted octanol–water partition coefficient (Wildman–Crippen LogP) is 11.5. The summed E-state index contributed by atoms with van der Waals surface area (Å²) in [7, 11) is -5.70. The van der Waals surface area contributed by atoms with Gasteiger partial charge in [-0.05, 0) is 76.5 Å². The van der Waals surface area contributed by atoms with Crippen molar-refractivity contribution in [2.75, 3.05) is 26.4 Å². The van der Waals surface area contributed by atoms with Gasteiger partial charge in [0.05, 0.1) is 13.2 Å². The molecule has 592 valence electrons. The van der Waals surface area contributed by atoms with Gasteiger partial charge in [-0.2, -0.15) is 0 Å². The topological polar surface area (TPSA) is 374 Å². The van der Waals surface area contributed by atoms with Crippen molar-refractivity contribution in [2.45, 2.75) is 408 Å². The molecule has 0 aromatic carbocycles. The van der Waals surface area contributed by atoms with Crippen LogP contribution in [0.1, 0.15) is 304 Å². The van der Waals surface area contributed by atoms with E-state index in [0.717, 1.165) is 135 Å². The molecule has 19 unspecified atom stereocenters. The Morgan fingerprint density at radius 1 is 0.406 bits per heavy atom. The van der Waals surface area contributed by atoms with E-state index in [1.807, 2.05) is 0 Å². The van der Waals surface area contributed by atoms with Gasteiger partial charge in [-0.15, -0.1) is 0 Å². The smallest absolute Gasteiger partial charge is 0.463 e. The molecule has 1 aliphatic carbocycles. The monoisotopic (exact) mass is 1470 g/mol. The molecule has 0 aromatic heterocycles. The minimum Gasteiger partial charge on any atom is -0.463 e. The highest BCUT2D eigenvalue weighted by Crippen LogP contribution is 2.49. The standard InChI is InChI=1S/C76H139O24P/c1-5-8-11-14-17-19-21-23-25-27-29-31-33-39-44-49-60(78)92-53-57(95-62(80)51-46-41-34-32-30-28-26-24-22-20-18-15-12-9-6-2)54-94-101(90,91)100-74-72(98-75-70(88)65(83)63(81)58(52-77)96-75)68(86)67(85)69(87)73(74)99-76-71(89)66(84)64(82)59(97-76)55-93-61(79)50-45-40-36-35-38-43-48-56(4)47-42-37-16-13-10-7-3/h19-22,56-59,63-77,81-89H,5-18,23-55H2,1-4H3,(H,90,91)/b21-19-,22-20-. The molecule has 0 aromatic rings. The highest BCUT2D eigenvalue weighted by Gasteiger charge is 2.58. The van der Waals surface area contributed by atoms with Crippen molar-refractivity contribution in [3.8, 4) is 0 Å². The first-order chi connectivity index (χ1) is 48.7. The van der Waals surface area contributed by atoms with Gasteiger partial charge < -0.3 is 89.1 Å². The van der Waals surface area contributed by atoms with Crippen LogP contribution in [0.25, 0.3) is 0 Å². The summed E-state index contributed by atoms with van der Waals surface area (Å²) in [4.78, 5) is 51.1. The number of unbranched alkanes of at least 4 members (excludes halogenated alkanes) is 32. The van der Waals surface area contributed by atoms with Crippen molar-refractivity contribution in [3.63, 3.8) is 0 Å². The number of aliphatic hydroxyl groups is 10. The van der Waals surface area contributed by atoms with Gasteiger partial charge >= 0.3 is 25.7 Å². The predicted molar refractivity (Wildman–Crippen MR) is 384 cm³/mol. The van der Waals surface area contributed by atoms with Gasteiger partial charge in [-0.3, -0.25) is 23.4 Å². The van der Waals surface area contributed by atoms with E-state index in [2.05, 4.69) is 52.0 Å². The first kappa shape index (κ1) is 92.6. The van der Waals surface area contributed by atoms with Gasteiger partial charge in [0.1, 0.15) is 98.7 Å². The lowest BCUT2D eigenvalue weighted by Gasteiger charge is -2.49. The number of esters is 3. The summed E-state index contributed by atoms with van der Waals surface area (Å²) in [6, 6.07) is 0. The second kappa shape index (κ2) is 56.7. The van der Waals surface area contributed by atoms with Crippen LogP contribution in [-0.2, 0) is 61.2 Å². The van der Waals surface area contributed by atoms with Gasteiger partial charge in [-0.25, -0.2) is 4.57 Å². The van der Waals surface area contributed by atoms with Crippen LogP contribution in [0.5, 0.6) is 0 Å². The highest BCUT2D eigenvalue weighted by molar-refractivity contribution is 7.47. The molecule has 3 rings (SSSR count). The van der Waals surface area contributed by atoms with E-state index in [-0.39, 0.29) is 19.3 Å². The lowest BCUT2D eigenvalue weighted by atomic mass is 9.84. The quantitative estimate of drug-likeness (QED) is 0.00886. The first-order valence-corrected chi connectivity index (χ1v) is 41.0. The molecule has 2 heterocycles. The van der Waals surface area contributed by atoms with Gasteiger partial charge in [0, 0.05) is 19.3 Å². The van der Waals surface area contributed by atoms with E-state index in [9.17, 15) is 74.9 Å². The number of carbonyl (C=O) groups is 3. The highest BCUT2D eigenvalue weighted by atomic mass is 31.2. The van der Waals surface area contributed by atoms with Crippen molar-refractivity contribution < 1.29 is 117 Å². The summed E-state index contributed by atoms with van der Waals surface area (Å²) >= 11 is 0. The number of hydrogen-bond donors (Lipinski definition) is 11. The van der Waals surface area contributed by atoms with Crippen LogP contribution in [0.4, 0.5) is 0 Å². The molecule has 19 atom stereocenters. The zero-order valence-electron chi connectivity index (χ0n) is 62.1. The molecule has 0 amide bonds. The van der Waals surface area contributed by atoms with Crippen LogP contribution >= 0.6 is 7.82 Å². The Labute approximate surface area is 605 Å². The number of aliphatic hydroxyl groups excluding tert-OH is 10. The van der Waals surface area contributed by atoms with Crippen molar-refractivity contribution >= 4 is 25.7 Å². The van der Waals surface area contributed by atoms with E-state index in [4.69, 9.17) is 42.2 Å². The Balaban J connectivity index is 1.72. The second-order valence-electron chi connectivity index (χ2n) is 28.7. The Morgan fingerprint density at radius 3 is 1.18 bits per heavy atom. The molecule has 11 N–H and O–H groups in total. The van der Waals surface area contributed by atoms with Crippen molar-refractivity contribution in [1.29, 1.82) is 0 Å². The summed E-state index contributed by atoms with van der Waals surface area (Å²) in [5, 5.41) is 110. The SMILES string of the molecule is CCCCCC/C=C\CCCCCCCCCC(=O)OCC(COP(=O)(O)OC1C(OC2OC(CO)C(O)C(O)C2O)C(O)C(O)C(O)C1OC1OC(COC(=O)CCCCCCCCC(C)CCCCCCCC)C(O)C(O)C1O)OC(=O)CCCCCCCCC/C=C\CCCCCC. The number of allylic oxidation sites excluding steroid dienone is 4. The van der Waals surface area contributed by atoms with Crippen molar-refractivity contribution in [3.05, 3.63) is 24.3 Å². The normalized spacial score (nSPS) is 27.6. The maximum absolute atomic E-state index is 14.4. The van der Waals surface area contributed by atoms with E-state index in [1.165, 1.54) is 103 Å². The zero-order chi connectivity index (χ0) is 74.1. The Kier molecular flexibility index (Phi) is 52.0. The summed E-state index contributed by atoms with van der Waals surface area (Å²) in [5.41, 5.74) is 0. The summed E-state index contributed by atoms with van der Waals surface area (Å²) in [6.07, 6.45) is 16.5. The van der Waals surface area contributed by atoms with E-state index >= 15 is 0 Å². The third-order valence-corrected chi connectivity index (χ3v) is 20.6. The Bertz CT molecular complexity index is 2190. The zero-order valence-corrected chi connectivity index (χ0v) is 63.0. The first-order valence-electron chi connectivity index (χ1n) is 39.5.